The molecule has 0 aromatic heterocycles. The van der Waals surface area contributed by atoms with Crippen LogP contribution in [0.1, 0.15) is 78.2 Å². The molecule has 1 aromatic rings. The first-order valence-corrected chi connectivity index (χ1v) is 15.6. The normalized spacial score (nSPS) is 18.7. The summed E-state index contributed by atoms with van der Waals surface area (Å²) in [6, 6.07) is 8.10. The topological polar surface area (TPSA) is 147 Å². The maximum atomic E-state index is 13.1. The van der Waals surface area contributed by atoms with E-state index in [1.165, 1.54) is 0 Å². The highest BCUT2D eigenvalue weighted by atomic mass is 16.6. The first-order chi connectivity index (χ1) is 20.9. The Morgan fingerprint density at radius 2 is 1.73 bits per heavy atom. The Balaban J connectivity index is 1.45. The number of aliphatic carboxylic acids is 1. The standard InChI is InChI=1S/C32H48N4O8/c1-5-42-27(20-26(29(38)39)34-30(40)44-32(2,3)4)33-25-12-9-17-36(21-25)28(37)14-13-23-15-18-35(19-16-23)31(41)43-22-24-10-7-6-8-11-24/h6-8,10-11,23,25-26H,5,9,12-22H2,1-4H3,(H,34,40)(H,38,39)/t25?,26-/m0/s1. The van der Waals surface area contributed by atoms with E-state index in [0.29, 0.717) is 38.5 Å². The van der Waals surface area contributed by atoms with E-state index in [1.54, 1.807) is 32.6 Å². The number of aliphatic imine (C=N–C) groups is 1. The lowest BCUT2D eigenvalue weighted by molar-refractivity contribution is -0.139. The van der Waals surface area contributed by atoms with Crippen molar-refractivity contribution in [2.45, 2.75) is 96.9 Å². The van der Waals surface area contributed by atoms with Gasteiger partial charge in [-0.25, -0.2) is 14.4 Å². The van der Waals surface area contributed by atoms with E-state index in [4.69, 9.17) is 14.2 Å². The van der Waals surface area contributed by atoms with E-state index < -0.39 is 23.7 Å². The molecule has 3 amide bonds. The van der Waals surface area contributed by atoms with Crippen molar-refractivity contribution in [1.29, 1.82) is 0 Å². The van der Waals surface area contributed by atoms with Gasteiger partial charge in [0.05, 0.1) is 19.1 Å². The van der Waals surface area contributed by atoms with Gasteiger partial charge in [-0.2, -0.15) is 0 Å². The number of carbonyl (C=O) groups excluding carboxylic acids is 3. The number of piperidine rings is 2. The molecule has 1 unspecified atom stereocenters. The SMILES string of the molecule is CCOC(C[C@H](NC(=O)OC(C)(C)C)C(=O)O)=NC1CCCN(C(=O)CCC2CCN(C(=O)OCc3ccccc3)CC2)C1. The molecular formula is C32H48N4O8. The molecule has 2 heterocycles. The summed E-state index contributed by atoms with van der Waals surface area (Å²) in [5.74, 6) is -0.559. The Bertz CT molecular complexity index is 1130. The van der Waals surface area contributed by atoms with Crippen molar-refractivity contribution in [1.82, 2.24) is 15.1 Å². The molecule has 12 heteroatoms. The number of nitrogens with zero attached hydrogens (tertiary/aromatic N) is 3. The van der Waals surface area contributed by atoms with E-state index >= 15 is 0 Å². The Labute approximate surface area is 260 Å². The summed E-state index contributed by atoms with van der Waals surface area (Å²) in [7, 11) is 0. The van der Waals surface area contributed by atoms with Gasteiger partial charge in [0.25, 0.3) is 0 Å². The van der Waals surface area contributed by atoms with Gasteiger partial charge in [0.2, 0.25) is 5.91 Å². The molecule has 0 aliphatic carbocycles. The van der Waals surface area contributed by atoms with Gasteiger partial charge in [0.15, 0.2) is 5.90 Å². The fourth-order valence-electron chi connectivity index (χ4n) is 5.33. The third-order valence-corrected chi connectivity index (χ3v) is 7.60. The zero-order valence-corrected chi connectivity index (χ0v) is 26.5. The monoisotopic (exact) mass is 616 g/mol. The Morgan fingerprint density at radius 3 is 2.36 bits per heavy atom. The van der Waals surface area contributed by atoms with E-state index in [2.05, 4.69) is 10.3 Å². The van der Waals surface area contributed by atoms with Gasteiger partial charge in [-0.05, 0) is 71.3 Å². The highest BCUT2D eigenvalue weighted by molar-refractivity contribution is 5.87. The van der Waals surface area contributed by atoms with Crippen LogP contribution in [-0.2, 0) is 30.4 Å². The number of hydrogen-bond donors (Lipinski definition) is 2. The summed E-state index contributed by atoms with van der Waals surface area (Å²) in [5.41, 5.74) is 0.185. The quantitative estimate of drug-likeness (QED) is 0.271. The molecule has 0 saturated carbocycles. The summed E-state index contributed by atoms with van der Waals surface area (Å²) in [4.78, 5) is 57.8. The predicted molar refractivity (Wildman–Crippen MR) is 164 cm³/mol. The van der Waals surface area contributed by atoms with Crippen molar-refractivity contribution < 1.29 is 38.5 Å². The van der Waals surface area contributed by atoms with Crippen molar-refractivity contribution in [3.05, 3.63) is 35.9 Å². The second-order valence-corrected chi connectivity index (χ2v) is 12.3. The number of amides is 3. The molecule has 12 nitrogen and oxygen atoms in total. The zero-order chi connectivity index (χ0) is 32.1. The van der Waals surface area contributed by atoms with Crippen LogP contribution < -0.4 is 5.32 Å². The number of likely N-dealkylation sites (tertiary alicyclic amines) is 2. The molecular weight excluding hydrogens is 568 g/mol. The lowest BCUT2D eigenvalue weighted by Gasteiger charge is -2.33. The molecule has 0 bridgehead atoms. The number of carboxylic acids is 1. The van der Waals surface area contributed by atoms with E-state index in [-0.39, 0.29) is 43.6 Å². The van der Waals surface area contributed by atoms with Crippen molar-refractivity contribution in [3.8, 4) is 0 Å². The number of rotatable bonds is 11. The van der Waals surface area contributed by atoms with Crippen molar-refractivity contribution in [2.75, 3.05) is 32.8 Å². The summed E-state index contributed by atoms with van der Waals surface area (Å²) < 4.78 is 16.3. The fourth-order valence-corrected chi connectivity index (χ4v) is 5.33. The summed E-state index contributed by atoms with van der Waals surface area (Å²) in [6.07, 6.45) is 3.12. The lowest BCUT2D eigenvalue weighted by atomic mass is 9.92. The minimum atomic E-state index is -1.27. The smallest absolute Gasteiger partial charge is 0.410 e. The Hall–Kier alpha value is -3.83. The highest BCUT2D eigenvalue weighted by Gasteiger charge is 2.29. The number of benzene rings is 1. The average Bonchev–Trinajstić information content (AvgIpc) is 2.98. The fraction of sp³-hybridized carbons (Fsp3) is 0.656. The van der Waals surface area contributed by atoms with Crippen LogP contribution in [0.25, 0.3) is 0 Å². The molecule has 1 aromatic carbocycles. The van der Waals surface area contributed by atoms with E-state index in [0.717, 1.165) is 37.7 Å². The molecule has 0 radical (unpaired) electrons. The molecule has 2 atom stereocenters. The molecule has 244 valence electrons. The third-order valence-electron chi connectivity index (χ3n) is 7.60. The van der Waals surface area contributed by atoms with Crippen LogP contribution in [0.2, 0.25) is 0 Å². The van der Waals surface area contributed by atoms with Gasteiger partial charge >= 0.3 is 18.2 Å². The molecule has 44 heavy (non-hydrogen) atoms. The Kier molecular flexibility index (Phi) is 13.3. The third kappa shape index (κ3) is 12.0. The van der Waals surface area contributed by atoms with Gasteiger partial charge in [-0.3, -0.25) is 9.79 Å². The van der Waals surface area contributed by atoms with Gasteiger partial charge in [0, 0.05) is 32.6 Å². The summed E-state index contributed by atoms with van der Waals surface area (Å²) in [6.45, 7) is 9.72. The number of nitrogens with one attached hydrogen (secondary N) is 1. The van der Waals surface area contributed by atoms with Crippen LogP contribution in [0.4, 0.5) is 9.59 Å². The van der Waals surface area contributed by atoms with Gasteiger partial charge < -0.3 is 34.4 Å². The molecule has 2 saturated heterocycles. The van der Waals surface area contributed by atoms with Crippen molar-refractivity contribution >= 4 is 30.0 Å². The van der Waals surface area contributed by atoms with Gasteiger partial charge in [0.1, 0.15) is 18.2 Å². The number of carbonyl (C=O) groups is 4. The summed E-state index contributed by atoms with van der Waals surface area (Å²) in [5, 5.41) is 12.1. The molecule has 2 fully saturated rings. The predicted octanol–water partition coefficient (Wildman–Crippen LogP) is 4.61. The first-order valence-electron chi connectivity index (χ1n) is 15.6. The molecule has 2 aliphatic heterocycles. The first kappa shape index (κ1) is 34.7. The average molecular weight is 617 g/mol. The summed E-state index contributed by atoms with van der Waals surface area (Å²) >= 11 is 0. The van der Waals surface area contributed by atoms with Crippen LogP contribution in [0.3, 0.4) is 0 Å². The van der Waals surface area contributed by atoms with Crippen molar-refractivity contribution in [2.24, 2.45) is 10.9 Å². The molecule has 2 aliphatic rings. The van der Waals surface area contributed by atoms with Crippen LogP contribution in [-0.4, -0.2) is 95.3 Å². The highest BCUT2D eigenvalue weighted by Crippen LogP contribution is 2.24. The van der Waals surface area contributed by atoms with Gasteiger partial charge in [-0.1, -0.05) is 30.3 Å². The zero-order valence-electron chi connectivity index (χ0n) is 26.5. The second kappa shape index (κ2) is 16.9. The van der Waals surface area contributed by atoms with Crippen molar-refractivity contribution in [3.63, 3.8) is 0 Å². The Morgan fingerprint density at radius 1 is 1.02 bits per heavy atom. The number of carboxylic acid groups (broad SMARTS) is 1. The lowest BCUT2D eigenvalue weighted by Crippen LogP contribution is -2.45. The van der Waals surface area contributed by atoms with E-state index in [9.17, 15) is 24.3 Å². The maximum absolute atomic E-state index is 13.1. The number of hydrogen-bond acceptors (Lipinski definition) is 8. The van der Waals surface area contributed by atoms with E-state index in [1.807, 2.05) is 35.2 Å². The van der Waals surface area contributed by atoms with Crippen LogP contribution in [0.15, 0.2) is 35.3 Å². The number of ether oxygens (including phenoxy) is 3. The van der Waals surface area contributed by atoms with Gasteiger partial charge in [-0.15, -0.1) is 0 Å². The molecule has 3 rings (SSSR count). The minimum Gasteiger partial charge on any atom is -0.481 e. The molecule has 2 N–H and O–H groups in total. The van der Waals surface area contributed by atoms with Crippen LogP contribution in [0.5, 0.6) is 0 Å². The minimum absolute atomic E-state index is 0.0718. The second-order valence-electron chi connectivity index (χ2n) is 12.3. The largest absolute Gasteiger partial charge is 0.481 e. The van der Waals surface area contributed by atoms with Crippen LogP contribution in [0, 0.1) is 5.92 Å². The maximum Gasteiger partial charge on any atom is 0.410 e. The molecule has 0 spiro atoms. The van der Waals surface area contributed by atoms with Crippen LogP contribution >= 0.6 is 0 Å². The number of alkyl carbamates (subject to hydrolysis) is 1.